The van der Waals surface area contributed by atoms with Gasteiger partial charge in [0.2, 0.25) is 0 Å². The molecule has 0 bridgehead atoms. The van der Waals surface area contributed by atoms with Crippen LogP contribution in [-0.4, -0.2) is 45.9 Å². The van der Waals surface area contributed by atoms with E-state index in [1.54, 1.807) is 7.11 Å². The monoisotopic (exact) mass is 503 g/mol. The quantitative estimate of drug-likeness (QED) is 0.348. The number of nitrogens with zero attached hydrogens (tertiary/aromatic N) is 1. The molecule has 2 N–H and O–H groups in total. The SMILES string of the molecule is CN=C(NCCc1cc(C)ccc1OC)NCC1CCCOC1C(C)(C)C.I. The molecular formula is C22H38IN3O2. The molecule has 2 atom stereocenters. The number of halogens is 1. The molecule has 160 valence electrons. The number of guanidine groups is 1. The molecule has 1 aliphatic rings. The number of hydrogen-bond acceptors (Lipinski definition) is 3. The van der Waals surface area contributed by atoms with Crippen LogP contribution in [0.15, 0.2) is 23.2 Å². The van der Waals surface area contributed by atoms with E-state index in [2.05, 4.69) is 55.5 Å². The molecule has 1 aromatic rings. The summed E-state index contributed by atoms with van der Waals surface area (Å²) in [6.45, 7) is 11.5. The van der Waals surface area contributed by atoms with Crippen LogP contribution in [0.25, 0.3) is 0 Å². The summed E-state index contributed by atoms with van der Waals surface area (Å²) in [6.07, 6.45) is 3.51. The van der Waals surface area contributed by atoms with E-state index in [0.717, 1.165) is 44.2 Å². The number of aryl methyl sites for hydroxylation is 1. The number of rotatable bonds is 6. The van der Waals surface area contributed by atoms with Crippen LogP contribution >= 0.6 is 24.0 Å². The molecule has 1 saturated heterocycles. The Morgan fingerprint density at radius 2 is 2.04 bits per heavy atom. The lowest BCUT2D eigenvalue weighted by Gasteiger charge is -2.40. The van der Waals surface area contributed by atoms with Gasteiger partial charge in [0.15, 0.2) is 5.96 Å². The minimum absolute atomic E-state index is 0. The first-order chi connectivity index (χ1) is 12.8. The van der Waals surface area contributed by atoms with E-state index in [9.17, 15) is 0 Å². The summed E-state index contributed by atoms with van der Waals surface area (Å²) >= 11 is 0. The van der Waals surface area contributed by atoms with Crippen molar-refractivity contribution in [3.8, 4) is 5.75 Å². The first-order valence-corrected chi connectivity index (χ1v) is 10.0. The smallest absolute Gasteiger partial charge is 0.190 e. The van der Waals surface area contributed by atoms with E-state index < -0.39 is 0 Å². The first-order valence-electron chi connectivity index (χ1n) is 10.0. The van der Waals surface area contributed by atoms with Crippen LogP contribution in [0.4, 0.5) is 0 Å². The van der Waals surface area contributed by atoms with Gasteiger partial charge in [0.25, 0.3) is 0 Å². The van der Waals surface area contributed by atoms with Crippen LogP contribution in [0.5, 0.6) is 5.75 Å². The van der Waals surface area contributed by atoms with Crippen molar-refractivity contribution in [1.82, 2.24) is 10.6 Å². The third-order valence-corrected chi connectivity index (χ3v) is 5.18. The molecule has 0 aromatic heterocycles. The van der Waals surface area contributed by atoms with Crippen LogP contribution in [-0.2, 0) is 11.2 Å². The van der Waals surface area contributed by atoms with E-state index in [1.807, 2.05) is 13.1 Å². The van der Waals surface area contributed by atoms with E-state index in [4.69, 9.17) is 9.47 Å². The Labute approximate surface area is 188 Å². The molecule has 1 aliphatic heterocycles. The Morgan fingerprint density at radius 3 is 2.68 bits per heavy atom. The maximum absolute atomic E-state index is 6.08. The van der Waals surface area contributed by atoms with Gasteiger partial charge in [-0.1, -0.05) is 38.5 Å². The summed E-state index contributed by atoms with van der Waals surface area (Å²) in [5, 5.41) is 6.92. The zero-order chi connectivity index (χ0) is 19.9. The molecule has 6 heteroatoms. The number of methoxy groups -OCH3 is 1. The maximum Gasteiger partial charge on any atom is 0.190 e. The second-order valence-electron chi connectivity index (χ2n) is 8.50. The number of hydrogen-bond donors (Lipinski definition) is 2. The van der Waals surface area contributed by atoms with E-state index in [-0.39, 0.29) is 35.5 Å². The van der Waals surface area contributed by atoms with Gasteiger partial charge in [0, 0.05) is 32.7 Å². The minimum Gasteiger partial charge on any atom is -0.496 e. The van der Waals surface area contributed by atoms with Crippen molar-refractivity contribution in [2.24, 2.45) is 16.3 Å². The van der Waals surface area contributed by atoms with Gasteiger partial charge in [0.1, 0.15) is 5.75 Å². The van der Waals surface area contributed by atoms with Crippen LogP contribution < -0.4 is 15.4 Å². The van der Waals surface area contributed by atoms with Crippen molar-refractivity contribution in [1.29, 1.82) is 0 Å². The first kappa shape index (κ1) is 25.0. The Balaban J connectivity index is 0.00000392. The predicted octanol–water partition coefficient (Wildman–Crippen LogP) is 4.17. The molecule has 1 fully saturated rings. The fraction of sp³-hybridized carbons (Fsp3) is 0.682. The zero-order valence-corrected chi connectivity index (χ0v) is 20.6. The van der Waals surface area contributed by atoms with Crippen molar-refractivity contribution >= 4 is 29.9 Å². The molecule has 5 nitrogen and oxygen atoms in total. The lowest BCUT2D eigenvalue weighted by atomic mass is 9.78. The molecule has 1 aromatic carbocycles. The van der Waals surface area contributed by atoms with Gasteiger partial charge in [-0.2, -0.15) is 0 Å². The third-order valence-electron chi connectivity index (χ3n) is 5.18. The lowest BCUT2D eigenvalue weighted by Crippen LogP contribution is -2.47. The average molecular weight is 503 g/mol. The molecule has 2 unspecified atom stereocenters. The van der Waals surface area contributed by atoms with Crippen LogP contribution in [0.1, 0.15) is 44.7 Å². The van der Waals surface area contributed by atoms with Crippen LogP contribution in [0.2, 0.25) is 0 Å². The van der Waals surface area contributed by atoms with Gasteiger partial charge in [-0.15, -0.1) is 24.0 Å². The van der Waals surface area contributed by atoms with E-state index in [1.165, 1.54) is 17.5 Å². The minimum atomic E-state index is 0. The van der Waals surface area contributed by atoms with Gasteiger partial charge in [-0.3, -0.25) is 4.99 Å². The van der Waals surface area contributed by atoms with Crippen molar-refractivity contribution in [2.75, 3.05) is 33.9 Å². The Bertz CT molecular complexity index is 629. The topological polar surface area (TPSA) is 54.9 Å². The van der Waals surface area contributed by atoms with Crippen molar-refractivity contribution < 1.29 is 9.47 Å². The van der Waals surface area contributed by atoms with Crippen molar-refractivity contribution in [3.63, 3.8) is 0 Å². The second-order valence-corrected chi connectivity index (χ2v) is 8.50. The highest BCUT2D eigenvalue weighted by atomic mass is 127. The molecule has 0 saturated carbocycles. The van der Waals surface area contributed by atoms with Gasteiger partial charge < -0.3 is 20.1 Å². The Kier molecular flexibility index (Phi) is 10.6. The maximum atomic E-state index is 6.08. The zero-order valence-electron chi connectivity index (χ0n) is 18.3. The summed E-state index contributed by atoms with van der Waals surface area (Å²) in [5.41, 5.74) is 2.62. The van der Waals surface area contributed by atoms with E-state index in [0.29, 0.717) is 5.92 Å². The number of nitrogens with one attached hydrogen (secondary N) is 2. The molecule has 0 amide bonds. The van der Waals surface area contributed by atoms with Gasteiger partial charge in [0.05, 0.1) is 13.2 Å². The van der Waals surface area contributed by atoms with E-state index >= 15 is 0 Å². The molecule has 28 heavy (non-hydrogen) atoms. The summed E-state index contributed by atoms with van der Waals surface area (Å²) in [5.74, 6) is 2.30. The van der Waals surface area contributed by atoms with Gasteiger partial charge in [-0.25, -0.2) is 0 Å². The fourth-order valence-corrected chi connectivity index (χ4v) is 3.88. The third kappa shape index (κ3) is 7.43. The number of ether oxygens (including phenoxy) is 2. The number of aliphatic imine (C=N–C) groups is 1. The van der Waals surface area contributed by atoms with Gasteiger partial charge >= 0.3 is 0 Å². The van der Waals surface area contributed by atoms with Gasteiger partial charge in [-0.05, 0) is 43.2 Å². The summed E-state index contributed by atoms with van der Waals surface area (Å²) in [4.78, 5) is 4.37. The van der Waals surface area contributed by atoms with Crippen LogP contribution in [0.3, 0.4) is 0 Å². The number of benzene rings is 1. The normalized spacial score (nSPS) is 20.3. The highest BCUT2D eigenvalue weighted by Crippen LogP contribution is 2.33. The Hall–Kier alpha value is -1.02. The lowest BCUT2D eigenvalue weighted by molar-refractivity contribution is -0.0835. The fourth-order valence-electron chi connectivity index (χ4n) is 3.88. The summed E-state index contributed by atoms with van der Waals surface area (Å²) in [7, 11) is 3.54. The summed E-state index contributed by atoms with van der Waals surface area (Å²) in [6, 6.07) is 6.30. The molecule has 0 spiro atoms. The molecular weight excluding hydrogens is 465 g/mol. The highest BCUT2D eigenvalue weighted by molar-refractivity contribution is 14.0. The van der Waals surface area contributed by atoms with Crippen molar-refractivity contribution in [2.45, 2.75) is 53.1 Å². The molecule has 0 radical (unpaired) electrons. The Morgan fingerprint density at radius 1 is 1.29 bits per heavy atom. The second kappa shape index (κ2) is 11.9. The average Bonchev–Trinajstić information content (AvgIpc) is 2.64. The largest absolute Gasteiger partial charge is 0.496 e. The molecule has 2 rings (SSSR count). The van der Waals surface area contributed by atoms with Crippen molar-refractivity contribution in [3.05, 3.63) is 29.3 Å². The molecule has 0 aliphatic carbocycles. The standard InChI is InChI=1S/C22H37N3O2.HI/c1-16-9-10-19(26-6)17(14-16)11-12-24-21(23-5)25-15-18-8-7-13-27-20(18)22(2,3)4;/h9-10,14,18,20H,7-8,11-13,15H2,1-6H3,(H2,23,24,25);1H. The highest BCUT2D eigenvalue weighted by Gasteiger charge is 2.35. The van der Waals surface area contributed by atoms with Crippen LogP contribution in [0, 0.1) is 18.3 Å². The summed E-state index contributed by atoms with van der Waals surface area (Å²) < 4.78 is 11.5. The molecule has 1 heterocycles. The predicted molar refractivity (Wildman–Crippen MR) is 128 cm³/mol.